The number of halogens is 1. The van der Waals surface area contributed by atoms with Gasteiger partial charge in [-0.3, -0.25) is 19.9 Å². The maximum absolute atomic E-state index is 12.6. The minimum absolute atomic E-state index is 0. The molecule has 1 saturated heterocycles. The summed E-state index contributed by atoms with van der Waals surface area (Å²) in [6.07, 6.45) is 1.68. The van der Waals surface area contributed by atoms with Crippen molar-refractivity contribution in [2.45, 2.75) is 13.0 Å². The van der Waals surface area contributed by atoms with Crippen LogP contribution in [0.5, 0.6) is 0 Å². The average molecular weight is 392 g/mol. The predicted octanol–water partition coefficient (Wildman–Crippen LogP) is 2.63. The number of nitro groups is 1. The number of anilines is 1. The molecule has 0 saturated carbocycles. The van der Waals surface area contributed by atoms with E-state index >= 15 is 0 Å². The lowest BCUT2D eigenvalue weighted by Gasteiger charge is -2.27. The van der Waals surface area contributed by atoms with Crippen molar-refractivity contribution in [2.75, 3.05) is 31.5 Å². The molecule has 3 rings (SSSR count). The number of carbonyl (C=O) groups is 1. The predicted molar refractivity (Wildman–Crippen MR) is 105 cm³/mol. The van der Waals surface area contributed by atoms with E-state index in [2.05, 4.69) is 15.6 Å². The molecule has 144 valence electrons. The molecule has 1 unspecified atom stereocenters. The Morgan fingerprint density at radius 1 is 1.30 bits per heavy atom. The molecule has 0 aliphatic carbocycles. The molecule has 8 nitrogen and oxygen atoms in total. The molecule has 1 aromatic carbocycles. The number of amides is 1. The smallest absolute Gasteiger partial charge is 0.293 e. The summed E-state index contributed by atoms with van der Waals surface area (Å²) in [6.45, 7) is 4.54. The van der Waals surface area contributed by atoms with Crippen molar-refractivity contribution in [1.82, 2.24) is 15.2 Å². The van der Waals surface area contributed by atoms with Crippen molar-refractivity contribution in [2.24, 2.45) is 0 Å². The normalized spacial score (nSPS) is 14.8. The Morgan fingerprint density at radius 2 is 2.04 bits per heavy atom. The van der Waals surface area contributed by atoms with Crippen LogP contribution in [0, 0.1) is 10.1 Å². The monoisotopic (exact) mass is 391 g/mol. The summed E-state index contributed by atoms with van der Waals surface area (Å²) in [5, 5.41) is 17.8. The summed E-state index contributed by atoms with van der Waals surface area (Å²) in [5.74, 6) is -0.182. The Kier molecular flexibility index (Phi) is 7.09. The van der Waals surface area contributed by atoms with Crippen molar-refractivity contribution in [3.63, 3.8) is 0 Å². The summed E-state index contributed by atoms with van der Waals surface area (Å²) in [6, 6.07) is 9.89. The van der Waals surface area contributed by atoms with Crippen LogP contribution in [0.2, 0.25) is 0 Å². The van der Waals surface area contributed by atoms with E-state index in [4.69, 9.17) is 0 Å². The Hall–Kier alpha value is -2.71. The quantitative estimate of drug-likeness (QED) is 0.600. The first-order valence-corrected chi connectivity index (χ1v) is 8.52. The van der Waals surface area contributed by atoms with E-state index in [9.17, 15) is 14.9 Å². The van der Waals surface area contributed by atoms with Crippen LogP contribution in [-0.2, 0) is 0 Å². The third-order valence-corrected chi connectivity index (χ3v) is 4.35. The van der Waals surface area contributed by atoms with Crippen LogP contribution in [0.1, 0.15) is 29.0 Å². The standard InChI is InChI=1S/C18H21N5O3.ClH/c1-13(15-4-2-3-7-20-15)21-16-6-5-14(12-17(16)23(25)26)18(24)22-10-8-19-9-11-22;/h2-7,12-13,19,21H,8-11H2,1H3;1H. The minimum Gasteiger partial charge on any atom is -0.371 e. The lowest BCUT2D eigenvalue weighted by Crippen LogP contribution is -2.46. The highest BCUT2D eigenvalue weighted by molar-refractivity contribution is 5.95. The van der Waals surface area contributed by atoms with E-state index in [-0.39, 0.29) is 30.0 Å². The SMILES string of the molecule is CC(Nc1ccc(C(=O)N2CCNCC2)cc1[N+](=O)[O-])c1ccccn1.Cl. The van der Waals surface area contributed by atoms with Gasteiger partial charge in [-0.05, 0) is 31.2 Å². The number of pyridine rings is 1. The first-order chi connectivity index (χ1) is 12.6. The molecule has 27 heavy (non-hydrogen) atoms. The van der Waals surface area contributed by atoms with E-state index in [1.54, 1.807) is 23.2 Å². The zero-order valence-electron chi connectivity index (χ0n) is 14.9. The summed E-state index contributed by atoms with van der Waals surface area (Å²) >= 11 is 0. The third kappa shape index (κ3) is 4.93. The number of nitrogens with zero attached hydrogens (tertiary/aromatic N) is 3. The van der Waals surface area contributed by atoms with Crippen molar-refractivity contribution in [3.05, 3.63) is 64.0 Å². The second kappa shape index (κ2) is 9.29. The van der Waals surface area contributed by atoms with Gasteiger partial charge in [0.25, 0.3) is 11.6 Å². The maximum Gasteiger partial charge on any atom is 0.293 e. The fourth-order valence-electron chi connectivity index (χ4n) is 2.93. The van der Waals surface area contributed by atoms with Crippen molar-refractivity contribution >= 4 is 29.7 Å². The number of hydrogen-bond donors (Lipinski definition) is 2. The maximum atomic E-state index is 12.6. The molecule has 2 aromatic rings. The molecule has 2 N–H and O–H groups in total. The van der Waals surface area contributed by atoms with E-state index in [1.807, 2.05) is 25.1 Å². The van der Waals surface area contributed by atoms with Crippen LogP contribution >= 0.6 is 12.4 Å². The Morgan fingerprint density at radius 3 is 2.67 bits per heavy atom. The molecule has 1 aliphatic rings. The fourth-order valence-corrected chi connectivity index (χ4v) is 2.93. The van der Waals surface area contributed by atoms with Gasteiger partial charge in [0.15, 0.2) is 0 Å². The van der Waals surface area contributed by atoms with Gasteiger partial charge in [-0.25, -0.2) is 0 Å². The second-order valence-corrected chi connectivity index (χ2v) is 6.15. The summed E-state index contributed by atoms with van der Waals surface area (Å²) in [5.41, 5.74) is 1.36. The Balaban J connectivity index is 0.00000261. The first-order valence-electron chi connectivity index (χ1n) is 8.52. The van der Waals surface area contributed by atoms with Crippen molar-refractivity contribution < 1.29 is 9.72 Å². The fraction of sp³-hybridized carbons (Fsp3) is 0.333. The van der Waals surface area contributed by atoms with Gasteiger partial charge in [0.1, 0.15) is 5.69 Å². The van der Waals surface area contributed by atoms with Crippen LogP contribution in [0.15, 0.2) is 42.6 Å². The molecule has 0 radical (unpaired) electrons. The highest BCUT2D eigenvalue weighted by Crippen LogP contribution is 2.29. The van der Waals surface area contributed by atoms with Gasteiger partial charge in [0.2, 0.25) is 0 Å². The van der Waals surface area contributed by atoms with Gasteiger partial charge in [-0.1, -0.05) is 6.07 Å². The van der Waals surface area contributed by atoms with E-state index in [1.165, 1.54) is 6.07 Å². The molecule has 1 aromatic heterocycles. The Bertz CT molecular complexity index is 797. The lowest BCUT2D eigenvalue weighted by atomic mass is 10.1. The number of benzene rings is 1. The summed E-state index contributed by atoms with van der Waals surface area (Å²) in [4.78, 5) is 29.6. The molecule has 0 spiro atoms. The van der Waals surface area contributed by atoms with Gasteiger partial charge in [-0.15, -0.1) is 12.4 Å². The van der Waals surface area contributed by atoms with Crippen LogP contribution in [0.4, 0.5) is 11.4 Å². The molecule has 0 bridgehead atoms. The van der Waals surface area contributed by atoms with Crippen LogP contribution in [-0.4, -0.2) is 46.9 Å². The van der Waals surface area contributed by atoms with Gasteiger partial charge in [-0.2, -0.15) is 0 Å². The second-order valence-electron chi connectivity index (χ2n) is 6.15. The number of carbonyl (C=O) groups excluding carboxylic acids is 1. The van der Waals surface area contributed by atoms with Gasteiger partial charge in [0, 0.05) is 44.0 Å². The molecule has 1 amide bonds. The molecule has 1 fully saturated rings. The molecular weight excluding hydrogens is 370 g/mol. The lowest BCUT2D eigenvalue weighted by molar-refractivity contribution is -0.384. The zero-order chi connectivity index (χ0) is 18.5. The van der Waals surface area contributed by atoms with Gasteiger partial charge >= 0.3 is 0 Å². The summed E-state index contributed by atoms with van der Waals surface area (Å²) in [7, 11) is 0. The number of rotatable bonds is 5. The highest BCUT2D eigenvalue weighted by atomic mass is 35.5. The molecule has 1 atom stereocenters. The highest BCUT2D eigenvalue weighted by Gasteiger charge is 2.23. The third-order valence-electron chi connectivity index (χ3n) is 4.35. The van der Waals surface area contributed by atoms with Gasteiger partial charge in [0.05, 0.1) is 16.7 Å². The average Bonchev–Trinajstić information content (AvgIpc) is 2.69. The van der Waals surface area contributed by atoms with E-state index in [0.717, 1.165) is 18.8 Å². The van der Waals surface area contributed by atoms with E-state index < -0.39 is 4.92 Å². The zero-order valence-corrected chi connectivity index (χ0v) is 15.7. The van der Waals surface area contributed by atoms with Crippen LogP contribution < -0.4 is 10.6 Å². The number of piperazine rings is 1. The molecule has 9 heteroatoms. The first kappa shape index (κ1) is 20.6. The molecule has 1 aliphatic heterocycles. The van der Waals surface area contributed by atoms with Crippen LogP contribution in [0.25, 0.3) is 0 Å². The van der Waals surface area contributed by atoms with E-state index in [0.29, 0.717) is 24.3 Å². The number of nitro benzene ring substituents is 1. The molecular formula is C18H22ClN5O3. The summed E-state index contributed by atoms with van der Waals surface area (Å²) < 4.78 is 0. The molecule has 2 heterocycles. The van der Waals surface area contributed by atoms with Crippen molar-refractivity contribution in [3.8, 4) is 0 Å². The minimum atomic E-state index is -0.470. The van der Waals surface area contributed by atoms with Crippen molar-refractivity contribution in [1.29, 1.82) is 0 Å². The van der Waals surface area contributed by atoms with Crippen LogP contribution in [0.3, 0.4) is 0 Å². The number of hydrogen-bond acceptors (Lipinski definition) is 6. The van der Waals surface area contributed by atoms with Gasteiger partial charge < -0.3 is 15.5 Å². The largest absolute Gasteiger partial charge is 0.371 e. The topological polar surface area (TPSA) is 100 Å². The Labute approximate surface area is 163 Å². The number of nitrogens with one attached hydrogen (secondary N) is 2. The number of aromatic nitrogens is 1.